The third-order valence-corrected chi connectivity index (χ3v) is 5.12. The van der Waals surface area contributed by atoms with Crippen LogP contribution < -0.4 is 5.32 Å². The topological polar surface area (TPSA) is 123 Å². The average molecular weight is 575 g/mol. The minimum atomic E-state index is -5.08. The Balaban J connectivity index is 0.000000848. The van der Waals surface area contributed by atoms with E-state index in [1.54, 1.807) is 19.0 Å². The smallest absolute Gasteiger partial charge is 0.475 e. The molecule has 0 spiro atoms. The quantitative estimate of drug-likeness (QED) is 0.430. The number of nitrogens with one attached hydrogen (secondary N) is 1. The Morgan fingerprint density at radius 2 is 1.44 bits per heavy atom. The highest BCUT2D eigenvalue weighted by molar-refractivity contribution is 5.98. The summed E-state index contributed by atoms with van der Waals surface area (Å²) in [6.07, 6.45) is -7.01. The van der Waals surface area contributed by atoms with Crippen molar-refractivity contribution in [3.63, 3.8) is 0 Å². The maximum atomic E-state index is 12.6. The third kappa shape index (κ3) is 14.0. The SMILES string of the molecule is CC(C)CCN1CCc2cc(C(=O)N(C)C)c(NC(C)C)nc2CC1.O=C(O)C(F)(F)F.O=C(O)C(F)(F)F. The van der Waals surface area contributed by atoms with Crippen molar-refractivity contribution in [3.05, 3.63) is 22.9 Å². The number of hydrogen-bond donors (Lipinski definition) is 3. The molecular weight excluding hydrogens is 538 g/mol. The number of pyridine rings is 1. The van der Waals surface area contributed by atoms with Gasteiger partial charge in [0.2, 0.25) is 0 Å². The summed E-state index contributed by atoms with van der Waals surface area (Å²) in [5.74, 6) is -4.04. The average Bonchev–Trinajstić information content (AvgIpc) is 2.97. The molecule has 0 radical (unpaired) electrons. The van der Waals surface area contributed by atoms with Gasteiger partial charge in [0, 0.05) is 45.3 Å². The molecule has 0 fully saturated rings. The molecule has 1 amide bonds. The fourth-order valence-corrected chi connectivity index (χ4v) is 3.13. The molecule has 1 aromatic rings. The van der Waals surface area contributed by atoms with Gasteiger partial charge in [-0.25, -0.2) is 14.6 Å². The van der Waals surface area contributed by atoms with Crippen LogP contribution in [0.15, 0.2) is 6.07 Å². The minimum absolute atomic E-state index is 0.0133. The molecule has 1 aliphatic heterocycles. The van der Waals surface area contributed by atoms with E-state index in [1.807, 2.05) is 0 Å². The van der Waals surface area contributed by atoms with Crippen LogP contribution in [0, 0.1) is 5.92 Å². The van der Waals surface area contributed by atoms with Crippen molar-refractivity contribution in [3.8, 4) is 0 Å². The van der Waals surface area contributed by atoms with Crippen LogP contribution in [0.2, 0.25) is 0 Å². The molecule has 0 unspecified atom stereocenters. The van der Waals surface area contributed by atoms with E-state index >= 15 is 0 Å². The van der Waals surface area contributed by atoms with Crippen molar-refractivity contribution in [1.82, 2.24) is 14.8 Å². The Bertz CT molecular complexity index is 942. The van der Waals surface area contributed by atoms with Crippen LogP contribution in [0.25, 0.3) is 0 Å². The number of aromatic nitrogens is 1. The Morgan fingerprint density at radius 3 is 1.82 bits per heavy atom. The second-order valence-corrected chi connectivity index (χ2v) is 9.62. The molecule has 0 aromatic carbocycles. The zero-order valence-corrected chi connectivity index (χ0v) is 22.7. The van der Waals surface area contributed by atoms with Crippen LogP contribution in [0.4, 0.5) is 32.2 Å². The van der Waals surface area contributed by atoms with Crippen LogP contribution in [0.5, 0.6) is 0 Å². The summed E-state index contributed by atoms with van der Waals surface area (Å²) in [6, 6.07) is 2.31. The maximum Gasteiger partial charge on any atom is 0.490 e. The van der Waals surface area contributed by atoms with E-state index in [9.17, 15) is 31.1 Å². The first-order valence-electron chi connectivity index (χ1n) is 12.0. The van der Waals surface area contributed by atoms with Gasteiger partial charge in [0.25, 0.3) is 5.91 Å². The Morgan fingerprint density at radius 1 is 0.974 bits per heavy atom. The van der Waals surface area contributed by atoms with E-state index in [0.29, 0.717) is 5.56 Å². The van der Waals surface area contributed by atoms with E-state index in [1.165, 1.54) is 12.0 Å². The lowest BCUT2D eigenvalue weighted by atomic mass is 10.0. The zero-order chi connectivity index (χ0) is 30.7. The van der Waals surface area contributed by atoms with Crippen LogP contribution in [-0.4, -0.2) is 95.0 Å². The number of aliphatic carboxylic acids is 2. The number of anilines is 1. The van der Waals surface area contributed by atoms with Gasteiger partial charge < -0.3 is 25.3 Å². The van der Waals surface area contributed by atoms with Crippen LogP contribution in [0.1, 0.15) is 55.7 Å². The molecule has 0 atom stereocenters. The molecule has 9 nitrogen and oxygen atoms in total. The summed E-state index contributed by atoms with van der Waals surface area (Å²) in [4.78, 5) is 39.4. The van der Waals surface area contributed by atoms with Crippen LogP contribution in [0.3, 0.4) is 0 Å². The Labute approximate surface area is 223 Å². The lowest BCUT2D eigenvalue weighted by Gasteiger charge is -2.20. The van der Waals surface area contributed by atoms with Gasteiger partial charge in [0.1, 0.15) is 5.82 Å². The molecule has 0 saturated carbocycles. The van der Waals surface area contributed by atoms with Gasteiger partial charge in [-0.3, -0.25) is 4.79 Å². The second kappa shape index (κ2) is 15.5. The van der Waals surface area contributed by atoms with E-state index in [-0.39, 0.29) is 11.9 Å². The molecule has 0 aliphatic carbocycles. The summed E-state index contributed by atoms with van der Waals surface area (Å²) in [6.45, 7) is 11.9. The molecule has 2 rings (SSSR count). The lowest BCUT2D eigenvalue weighted by molar-refractivity contribution is -0.193. The van der Waals surface area contributed by atoms with Crippen molar-refractivity contribution in [2.45, 2.75) is 65.4 Å². The summed E-state index contributed by atoms with van der Waals surface area (Å²) < 4.78 is 63.5. The number of fused-ring (bicyclic) bond motifs is 1. The highest BCUT2D eigenvalue weighted by Crippen LogP contribution is 2.23. The molecule has 15 heteroatoms. The predicted octanol–water partition coefficient (Wildman–Crippen LogP) is 4.32. The first kappa shape index (κ1) is 35.9. The van der Waals surface area contributed by atoms with Gasteiger partial charge in [-0.2, -0.15) is 26.3 Å². The molecule has 3 N–H and O–H groups in total. The van der Waals surface area contributed by atoms with Crippen molar-refractivity contribution in [2.75, 3.05) is 39.0 Å². The van der Waals surface area contributed by atoms with Crippen LogP contribution >= 0.6 is 0 Å². The number of halogens is 6. The van der Waals surface area contributed by atoms with Gasteiger partial charge in [-0.05, 0) is 50.8 Å². The van der Waals surface area contributed by atoms with E-state index in [0.717, 1.165) is 49.9 Å². The zero-order valence-electron chi connectivity index (χ0n) is 22.7. The molecule has 39 heavy (non-hydrogen) atoms. The fraction of sp³-hybridized carbons (Fsp3) is 0.667. The van der Waals surface area contributed by atoms with Gasteiger partial charge >= 0.3 is 24.3 Å². The molecule has 0 bridgehead atoms. The van der Waals surface area contributed by atoms with Gasteiger partial charge in [-0.15, -0.1) is 0 Å². The number of hydrogen-bond acceptors (Lipinski definition) is 6. The lowest BCUT2D eigenvalue weighted by Crippen LogP contribution is -2.28. The van der Waals surface area contributed by atoms with Crippen molar-refractivity contribution >= 4 is 23.7 Å². The van der Waals surface area contributed by atoms with Crippen molar-refractivity contribution < 1.29 is 50.9 Å². The number of amides is 1. The predicted molar refractivity (Wildman–Crippen MR) is 132 cm³/mol. The minimum Gasteiger partial charge on any atom is -0.475 e. The highest BCUT2D eigenvalue weighted by atomic mass is 19.4. The number of rotatable bonds is 6. The molecule has 1 aromatic heterocycles. The second-order valence-electron chi connectivity index (χ2n) is 9.62. The number of nitrogens with zero attached hydrogens (tertiary/aromatic N) is 3. The van der Waals surface area contributed by atoms with E-state index < -0.39 is 24.3 Å². The van der Waals surface area contributed by atoms with E-state index in [4.69, 9.17) is 24.8 Å². The number of carboxylic acids is 2. The molecule has 0 saturated heterocycles. The Kier molecular flexibility index (Phi) is 14.3. The molecule has 2 heterocycles. The highest BCUT2D eigenvalue weighted by Gasteiger charge is 2.38. The normalized spacial score (nSPS) is 13.8. The fourth-order valence-electron chi connectivity index (χ4n) is 3.13. The summed E-state index contributed by atoms with van der Waals surface area (Å²) >= 11 is 0. The number of carbonyl (C=O) groups excluding carboxylic acids is 1. The number of carbonyl (C=O) groups is 3. The first-order valence-corrected chi connectivity index (χ1v) is 12.0. The molecule has 1 aliphatic rings. The molecule has 224 valence electrons. The summed E-state index contributed by atoms with van der Waals surface area (Å²) in [7, 11) is 3.58. The van der Waals surface area contributed by atoms with Crippen LogP contribution in [-0.2, 0) is 22.4 Å². The van der Waals surface area contributed by atoms with Crippen molar-refractivity contribution in [1.29, 1.82) is 0 Å². The standard InChI is InChI=1S/C20H34N4O.2C2HF3O2/c1-14(2)7-10-24-11-8-16-13-17(20(25)23(5)6)19(21-15(3)4)22-18(16)9-12-24;2*3-2(4,5)1(6)7/h13-15H,7-12H2,1-6H3,(H,21,22);2*(H,6,7). The Hall–Kier alpha value is -3.10. The third-order valence-electron chi connectivity index (χ3n) is 5.12. The first-order chi connectivity index (χ1) is 17.7. The maximum absolute atomic E-state index is 12.6. The molecular formula is C24H36F6N4O5. The monoisotopic (exact) mass is 574 g/mol. The largest absolute Gasteiger partial charge is 0.490 e. The van der Waals surface area contributed by atoms with Gasteiger partial charge in [0.05, 0.1) is 5.56 Å². The summed E-state index contributed by atoms with van der Waals surface area (Å²) in [5.41, 5.74) is 3.06. The van der Waals surface area contributed by atoms with Gasteiger partial charge in [-0.1, -0.05) is 13.8 Å². The van der Waals surface area contributed by atoms with E-state index in [2.05, 4.69) is 44.0 Å². The number of alkyl halides is 6. The summed E-state index contributed by atoms with van der Waals surface area (Å²) in [5, 5.41) is 17.6. The van der Waals surface area contributed by atoms with Crippen molar-refractivity contribution in [2.24, 2.45) is 5.92 Å². The van der Waals surface area contributed by atoms with Gasteiger partial charge in [0.15, 0.2) is 0 Å². The number of carboxylic acid groups (broad SMARTS) is 2.